The second kappa shape index (κ2) is 5.98. The van der Waals surface area contributed by atoms with E-state index >= 15 is 0 Å². The first kappa shape index (κ1) is 13.1. The highest BCUT2D eigenvalue weighted by atomic mass is 35.5. The van der Waals surface area contributed by atoms with Crippen molar-refractivity contribution in [3.63, 3.8) is 0 Å². The van der Waals surface area contributed by atoms with Crippen LogP contribution in [0.3, 0.4) is 0 Å². The first-order chi connectivity index (χ1) is 8.69. The van der Waals surface area contributed by atoms with E-state index < -0.39 is 0 Å². The maximum Gasteiger partial charge on any atom is 0.123 e. The fraction of sp³-hybridized carbons (Fsp3) is 0.200. The van der Waals surface area contributed by atoms with Crippen molar-refractivity contribution in [1.82, 2.24) is 0 Å². The Balaban J connectivity index is 2.17. The maximum absolute atomic E-state index is 12.8. The molecule has 1 nitrogen and oxygen atoms in total. The van der Waals surface area contributed by atoms with E-state index in [-0.39, 0.29) is 11.7 Å². The molecule has 18 heavy (non-hydrogen) atoms. The quantitative estimate of drug-likeness (QED) is 0.893. The van der Waals surface area contributed by atoms with Crippen molar-refractivity contribution in [1.29, 1.82) is 0 Å². The summed E-state index contributed by atoms with van der Waals surface area (Å²) in [6.07, 6.45) is 0.789. The maximum atomic E-state index is 12.8. The van der Waals surface area contributed by atoms with Gasteiger partial charge in [0.1, 0.15) is 5.82 Å². The van der Waals surface area contributed by atoms with Crippen molar-refractivity contribution in [2.45, 2.75) is 12.3 Å². The Morgan fingerprint density at radius 3 is 2.44 bits per heavy atom. The van der Waals surface area contributed by atoms with Crippen molar-refractivity contribution in [3.8, 4) is 0 Å². The molecule has 0 aliphatic rings. The predicted molar refractivity (Wildman–Crippen MR) is 73.4 cm³/mol. The van der Waals surface area contributed by atoms with E-state index in [1.807, 2.05) is 24.3 Å². The van der Waals surface area contributed by atoms with Gasteiger partial charge in [0.2, 0.25) is 0 Å². The minimum atomic E-state index is -0.217. The van der Waals surface area contributed by atoms with E-state index in [2.05, 4.69) is 0 Å². The Morgan fingerprint density at radius 2 is 1.83 bits per heavy atom. The van der Waals surface area contributed by atoms with Gasteiger partial charge in [-0.2, -0.15) is 0 Å². The van der Waals surface area contributed by atoms with Crippen LogP contribution < -0.4 is 5.73 Å². The van der Waals surface area contributed by atoms with Crippen LogP contribution >= 0.6 is 11.6 Å². The summed E-state index contributed by atoms with van der Waals surface area (Å²) in [5, 5.41) is 0.713. The second-order valence-electron chi connectivity index (χ2n) is 4.32. The van der Waals surface area contributed by atoms with E-state index in [1.54, 1.807) is 12.1 Å². The number of halogens is 2. The van der Waals surface area contributed by atoms with E-state index in [9.17, 15) is 4.39 Å². The zero-order chi connectivity index (χ0) is 13.0. The van der Waals surface area contributed by atoms with Crippen LogP contribution in [0.4, 0.5) is 4.39 Å². The fourth-order valence-electron chi connectivity index (χ4n) is 2.00. The molecule has 1 unspecified atom stereocenters. The Hall–Kier alpha value is -1.38. The fourth-order valence-corrected chi connectivity index (χ4v) is 2.20. The van der Waals surface area contributed by atoms with Crippen LogP contribution in [0.2, 0.25) is 5.02 Å². The first-order valence-electron chi connectivity index (χ1n) is 5.89. The third-order valence-corrected chi connectivity index (χ3v) is 3.24. The van der Waals surface area contributed by atoms with E-state index in [4.69, 9.17) is 17.3 Å². The molecule has 0 aromatic heterocycles. The Morgan fingerprint density at radius 1 is 1.11 bits per heavy atom. The average Bonchev–Trinajstić information content (AvgIpc) is 2.38. The molecule has 94 valence electrons. The molecule has 0 heterocycles. The Labute approximate surface area is 111 Å². The molecule has 2 N–H and O–H groups in total. The lowest BCUT2D eigenvalue weighted by Gasteiger charge is -2.15. The Kier molecular flexibility index (Phi) is 4.34. The van der Waals surface area contributed by atoms with Gasteiger partial charge in [-0.25, -0.2) is 4.39 Å². The normalized spacial score (nSPS) is 12.4. The third kappa shape index (κ3) is 3.31. The smallest absolute Gasteiger partial charge is 0.123 e. The number of hydrogen-bond donors (Lipinski definition) is 1. The molecule has 0 aliphatic heterocycles. The van der Waals surface area contributed by atoms with E-state index in [1.165, 1.54) is 12.1 Å². The van der Waals surface area contributed by atoms with Gasteiger partial charge in [-0.1, -0.05) is 35.9 Å². The molecule has 2 aromatic carbocycles. The molecule has 0 fully saturated rings. The third-order valence-electron chi connectivity index (χ3n) is 3.00. The topological polar surface area (TPSA) is 26.0 Å². The molecular weight excluding hydrogens is 249 g/mol. The van der Waals surface area contributed by atoms with Crippen LogP contribution in [0.5, 0.6) is 0 Å². The summed E-state index contributed by atoms with van der Waals surface area (Å²) in [7, 11) is 0. The summed E-state index contributed by atoms with van der Waals surface area (Å²) < 4.78 is 12.8. The van der Waals surface area contributed by atoms with Gasteiger partial charge in [0.25, 0.3) is 0 Å². The number of benzene rings is 2. The molecule has 0 amide bonds. The van der Waals surface area contributed by atoms with Crippen molar-refractivity contribution < 1.29 is 4.39 Å². The van der Waals surface area contributed by atoms with Crippen LogP contribution in [-0.2, 0) is 6.42 Å². The zero-order valence-electron chi connectivity index (χ0n) is 9.94. The molecular formula is C15H15ClFN. The SMILES string of the molecule is NCC(Cc1ccc(F)cc1)c1cccc(Cl)c1. The molecule has 0 saturated carbocycles. The predicted octanol–water partition coefficient (Wildman–Crippen LogP) is 3.76. The average molecular weight is 264 g/mol. The molecule has 0 bridgehead atoms. The summed E-state index contributed by atoms with van der Waals surface area (Å²) in [5.41, 5.74) is 8.01. The van der Waals surface area contributed by atoms with Gasteiger partial charge in [0.05, 0.1) is 0 Å². The lowest BCUT2D eigenvalue weighted by Crippen LogP contribution is -2.15. The van der Waals surface area contributed by atoms with E-state index in [0.29, 0.717) is 11.6 Å². The molecule has 0 saturated heterocycles. The first-order valence-corrected chi connectivity index (χ1v) is 6.27. The number of hydrogen-bond acceptors (Lipinski definition) is 1. The zero-order valence-corrected chi connectivity index (χ0v) is 10.7. The standard InChI is InChI=1S/C15H15ClFN/c16-14-3-1-2-12(9-14)13(10-18)8-11-4-6-15(17)7-5-11/h1-7,9,13H,8,10,18H2. The molecule has 0 spiro atoms. The van der Waals surface area contributed by atoms with Crippen LogP contribution in [0.15, 0.2) is 48.5 Å². The second-order valence-corrected chi connectivity index (χ2v) is 4.75. The van der Waals surface area contributed by atoms with Gasteiger partial charge in [0, 0.05) is 10.9 Å². The van der Waals surface area contributed by atoms with Crippen molar-refractivity contribution in [2.24, 2.45) is 5.73 Å². The van der Waals surface area contributed by atoms with E-state index in [0.717, 1.165) is 17.5 Å². The number of nitrogens with two attached hydrogens (primary N) is 1. The highest BCUT2D eigenvalue weighted by molar-refractivity contribution is 6.30. The van der Waals surface area contributed by atoms with Gasteiger partial charge in [-0.3, -0.25) is 0 Å². The summed E-state index contributed by atoms with van der Waals surface area (Å²) in [4.78, 5) is 0. The van der Waals surface area contributed by atoms with Crippen LogP contribution in [0, 0.1) is 5.82 Å². The highest BCUT2D eigenvalue weighted by Crippen LogP contribution is 2.22. The molecule has 3 heteroatoms. The van der Waals surface area contributed by atoms with Gasteiger partial charge < -0.3 is 5.73 Å². The lowest BCUT2D eigenvalue weighted by molar-refractivity contribution is 0.625. The molecule has 0 aliphatic carbocycles. The molecule has 0 radical (unpaired) electrons. The highest BCUT2D eigenvalue weighted by Gasteiger charge is 2.11. The van der Waals surface area contributed by atoms with Crippen molar-refractivity contribution >= 4 is 11.6 Å². The van der Waals surface area contributed by atoms with Crippen LogP contribution in [0.1, 0.15) is 17.0 Å². The summed E-state index contributed by atoms with van der Waals surface area (Å²) in [6, 6.07) is 14.3. The minimum Gasteiger partial charge on any atom is -0.330 e. The molecule has 1 atom stereocenters. The van der Waals surface area contributed by atoms with Gasteiger partial charge in [-0.05, 0) is 48.4 Å². The minimum absolute atomic E-state index is 0.203. The van der Waals surface area contributed by atoms with Crippen LogP contribution in [0.25, 0.3) is 0 Å². The largest absolute Gasteiger partial charge is 0.330 e. The van der Waals surface area contributed by atoms with Crippen molar-refractivity contribution in [2.75, 3.05) is 6.54 Å². The summed E-state index contributed by atoms with van der Waals surface area (Å²) in [6.45, 7) is 0.539. The Bertz CT molecular complexity index is 510. The van der Waals surface area contributed by atoms with Gasteiger partial charge in [0.15, 0.2) is 0 Å². The van der Waals surface area contributed by atoms with Crippen molar-refractivity contribution in [3.05, 3.63) is 70.5 Å². The summed E-state index contributed by atoms with van der Waals surface area (Å²) in [5.74, 6) is -0.0139. The lowest BCUT2D eigenvalue weighted by atomic mass is 9.92. The van der Waals surface area contributed by atoms with Crippen LogP contribution in [-0.4, -0.2) is 6.54 Å². The number of rotatable bonds is 4. The summed E-state index contributed by atoms with van der Waals surface area (Å²) >= 11 is 5.98. The van der Waals surface area contributed by atoms with Gasteiger partial charge >= 0.3 is 0 Å². The van der Waals surface area contributed by atoms with Gasteiger partial charge in [-0.15, -0.1) is 0 Å². The monoisotopic (exact) mass is 263 g/mol. The molecule has 2 aromatic rings. The molecule has 2 rings (SSSR count).